The van der Waals surface area contributed by atoms with Crippen LogP contribution in [0.1, 0.15) is 17.9 Å². The summed E-state index contributed by atoms with van der Waals surface area (Å²) in [6, 6.07) is 5.00. The van der Waals surface area contributed by atoms with E-state index < -0.39 is 0 Å². The molecule has 2 heterocycles. The number of fused-ring (bicyclic) bond motifs is 1. The summed E-state index contributed by atoms with van der Waals surface area (Å²) in [6.45, 7) is 4.96. The van der Waals surface area contributed by atoms with Crippen LogP contribution in [0.15, 0.2) is 24.4 Å². The lowest BCUT2D eigenvalue weighted by atomic mass is 10.1. The minimum atomic E-state index is -0.149. The number of nitrogens with zero attached hydrogens (tertiary/aromatic N) is 1. The van der Waals surface area contributed by atoms with Crippen molar-refractivity contribution in [1.29, 1.82) is 0 Å². The molecular formula is C16H19FN2O. The third-order valence-electron chi connectivity index (χ3n) is 4.59. The van der Waals surface area contributed by atoms with Crippen LogP contribution in [0.5, 0.6) is 0 Å². The van der Waals surface area contributed by atoms with E-state index in [9.17, 15) is 4.39 Å². The van der Waals surface area contributed by atoms with Gasteiger partial charge >= 0.3 is 0 Å². The van der Waals surface area contributed by atoms with Crippen molar-refractivity contribution in [3.05, 3.63) is 35.8 Å². The number of rotatable bonds is 3. The first-order valence-corrected chi connectivity index (χ1v) is 7.38. The lowest BCUT2D eigenvalue weighted by molar-refractivity contribution is 0.0356. The van der Waals surface area contributed by atoms with Gasteiger partial charge in [0.15, 0.2) is 0 Å². The van der Waals surface area contributed by atoms with Crippen molar-refractivity contribution in [3.63, 3.8) is 0 Å². The Balaban J connectivity index is 1.49. The third-order valence-corrected chi connectivity index (χ3v) is 4.59. The van der Waals surface area contributed by atoms with Crippen LogP contribution in [0, 0.1) is 11.7 Å². The summed E-state index contributed by atoms with van der Waals surface area (Å²) in [6.07, 6.45) is 3.29. The van der Waals surface area contributed by atoms with Crippen molar-refractivity contribution >= 4 is 10.9 Å². The predicted molar refractivity (Wildman–Crippen MR) is 76.4 cm³/mol. The molecule has 2 unspecified atom stereocenters. The van der Waals surface area contributed by atoms with Gasteiger partial charge in [0.05, 0.1) is 13.2 Å². The number of aromatic amines is 1. The maximum Gasteiger partial charge on any atom is 0.123 e. The normalized spacial score (nSPS) is 27.1. The standard InChI is InChI=1S/C16H19FN2O/c17-12-1-2-16-14(8-12)15(9-18-16)13-7-11(13)10-19-3-5-20-6-4-19/h1-2,8-9,11,13,18H,3-7,10H2. The molecule has 2 aromatic rings. The number of nitrogens with one attached hydrogen (secondary N) is 1. The second-order valence-corrected chi connectivity index (χ2v) is 5.95. The van der Waals surface area contributed by atoms with E-state index in [4.69, 9.17) is 4.74 Å². The zero-order chi connectivity index (χ0) is 13.5. The summed E-state index contributed by atoms with van der Waals surface area (Å²) >= 11 is 0. The van der Waals surface area contributed by atoms with Crippen LogP contribution in [0.2, 0.25) is 0 Å². The lowest BCUT2D eigenvalue weighted by Crippen LogP contribution is -2.37. The van der Waals surface area contributed by atoms with Crippen molar-refractivity contribution in [2.75, 3.05) is 32.8 Å². The van der Waals surface area contributed by atoms with E-state index in [1.54, 1.807) is 6.07 Å². The van der Waals surface area contributed by atoms with Gasteiger partial charge in [-0.15, -0.1) is 0 Å². The van der Waals surface area contributed by atoms with E-state index in [-0.39, 0.29) is 5.82 Å². The second-order valence-electron chi connectivity index (χ2n) is 5.95. The summed E-state index contributed by atoms with van der Waals surface area (Å²) in [5, 5.41) is 1.06. The largest absolute Gasteiger partial charge is 0.379 e. The van der Waals surface area contributed by atoms with Crippen molar-refractivity contribution in [3.8, 4) is 0 Å². The van der Waals surface area contributed by atoms with Crippen molar-refractivity contribution < 1.29 is 9.13 Å². The fourth-order valence-corrected chi connectivity index (χ4v) is 3.37. The molecule has 1 aromatic heterocycles. The first-order valence-electron chi connectivity index (χ1n) is 7.38. The molecular weight excluding hydrogens is 255 g/mol. The highest BCUT2D eigenvalue weighted by Crippen LogP contribution is 2.49. The van der Waals surface area contributed by atoms with Gasteiger partial charge in [-0.25, -0.2) is 4.39 Å². The number of hydrogen-bond acceptors (Lipinski definition) is 2. The molecule has 1 saturated heterocycles. The Bertz CT molecular complexity index is 618. The Labute approximate surface area is 117 Å². The number of hydrogen-bond donors (Lipinski definition) is 1. The Hall–Kier alpha value is -1.39. The van der Waals surface area contributed by atoms with E-state index in [1.807, 2.05) is 6.07 Å². The molecule has 0 spiro atoms. The first kappa shape index (κ1) is 12.4. The molecule has 1 aromatic carbocycles. The molecule has 0 amide bonds. The fraction of sp³-hybridized carbons (Fsp3) is 0.500. The molecule has 1 saturated carbocycles. The van der Waals surface area contributed by atoms with Crippen LogP contribution in [-0.4, -0.2) is 42.7 Å². The zero-order valence-corrected chi connectivity index (χ0v) is 11.4. The highest BCUT2D eigenvalue weighted by Gasteiger charge is 2.40. The Kier molecular flexibility index (Phi) is 3.00. The predicted octanol–water partition coefficient (Wildman–Crippen LogP) is 2.74. The topological polar surface area (TPSA) is 28.3 Å². The summed E-state index contributed by atoms with van der Waals surface area (Å²) in [4.78, 5) is 5.75. The van der Waals surface area contributed by atoms with Gasteiger partial charge in [0.2, 0.25) is 0 Å². The molecule has 4 rings (SSSR count). The number of halogens is 1. The third kappa shape index (κ3) is 2.23. The van der Waals surface area contributed by atoms with Crippen LogP contribution in [-0.2, 0) is 4.74 Å². The molecule has 2 atom stereocenters. The van der Waals surface area contributed by atoms with Gasteiger partial charge in [-0.05, 0) is 42.0 Å². The van der Waals surface area contributed by atoms with E-state index in [0.29, 0.717) is 5.92 Å². The van der Waals surface area contributed by atoms with Gasteiger partial charge in [0.25, 0.3) is 0 Å². The van der Waals surface area contributed by atoms with E-state index in [2.05, 4.69) is 16.1 Å². The molecule has 1 aliphatic heterocycles. The monoisotopic (exact) mass is 274 g/mol. The SMILES string of the molecule is Fc1ccc2[nH]cc(C3CC3CN3CCOCC3)c2c1. The molecule has 1 aliphatic carbocycles. The quantitative estimate of drug-likeness (QED) is 0.932. The molecule has 2 aliphatic rings. The average Bonchev–Trinajstić information content (AvgIpc) is 3.09. The number of aromatic nitrogens is 1. The van der Waals surface area contributed by atoms with Gasteiger partial charge in [0, 0.05) is 36.7 Å². The van der Waals surface area contributed by atoms with Crippen molar-refractivity contribution in [1.82, 2.24) is 9.88 Å². The molecule has 1 N–H and O–H groups in total. The lowest BCUT2D eigenvalue weighted by Gasteiger charge is -2.26. The second kappa shape index (κ2) is 4.86. The molecule has 4 heteroatoms. The van der Waals surface area contributed by atoms with Gasteiger partial charge in [-0.3, -0.25) is 4.90 Å². The van der Waals surface area contributed by atoms with Gasteiger partial charge in [-0.1, -0.05) is 0 Å². The first-order chi connectivity index (χ1) is 9.81. The van der Waals surface area contributed by atoms with Gasteiger partial charge in [-0.2, -0.15) is 0 Å². The van der Waals surface area contributed by atoms with Crippen LogP contribution in [0.3, 0.4) is 0 Å². The fourth-order valence-electron chi connectivity index (χ4n) is 3.37. The van der Waals surface area contributed by atoms with Crippen LogP contribution >= 0.6 is 0 Å². The summed E-state index contributed by atoms with van der Waals surface area (Å²) < 4.78 is 18.8. The van der Waals surface area contributed by atoms with Crippen LogP contribution in [0.25, 0.3) is 10.9 Å². The number of morpholine rings is 1. The molecule has 3 nitrogen and oxygen atoms in total. The molecule has 2 fully saturated rings. The van der Waals surface area contributed by atoms with E-state index in [1.165, 1.54) is 18.1 Å². The van der Waals surface area contributed by atoms with E-state index in [0.717, 1.165) is 49.7 Å². The molecule has 0 radical (unpaired) electrons. The van der Waals surface area contributed by atoms with Crippen molar-refractivity contribution in [2.45, 2.75) is 12.3 Å². The van der Waals surface area contributed by atoms with Gasteiger partial charge in [0.1, 0.15) is 5.82 Å². The minimum Gasteiger partial charge on any atom is -0.379 e. The maximum atomic E-state index is 13.4. The Morgan fingerprint density at radius 3 is 3.00 bits per heavy atom. The van der Waals surface area contributed by atoms with Crippen molar-refractivity contribution in [2.24, 2.45) is 5.92 Å². The highest BCUT2D eigenvalue weighted by molar-refractivity contribution is 5.84. The Morgan fingerprint density at radius 1 is 1.30 bits per heavy atom. The highest BCUT2D eigenvalue weighted by atomic mass is 19.1. The molecule has 20 heavy (non-hydrogen) atoms. The number of H-pyrrole nitrogens is 1. The van der Waals surface area contributed by atoms with E-state index >= 15 is 0 Å². The average molecular weight is 274 g/mol. The summed E-state index contributed by atoms with van der Waals surface area (Å²) in [5.74, 6) is 1.16. The minimum absolute atomic E-state index is 0.149. The van der Waals surface area contributed by atoms with Crippen LogP contribution in [0.4, 0.5) is 4.39 Å². The summed E-state index contributed by atoms with van der Waals surface area (Å²) in [5.41, 5.74) is 2.33. The Morgan fingerprint density at radius 2 is 2.15 bits per heavy atom. The number of benzene rings is 1. The molecule has 106 valence electrons. The van der Waals surface area contributed by atoms with Gasteiger partial charge < -0.3 is 9.72 Å². The summed E-state index contributed by atoms with van der Waals surface area (Å²) in [7, 11) is 0. The smallest absolute Gasteiger partial charge is 0.123 e. The maximum absolute atomic E-state index is 13.4. The molecule has 0 bridgehead atoms. The number of ether oxygens (including phenoxy) is 1. The van der Waals surface area contributed by atoms with Crippen LogP contribution < -0.4 is 0 Å². The zero-order valence-electron chi connectivity index (χ0n) is 11.4.